The number of fused-ring (bicyclic) bond motifs is 1. The van der Waals surface area contributed by atoms with Crippen molar-refractivity contribution in [1.82, 2.24) is 29.8 Å². The smallest absolute Gasteiger partial charge is 0.259 e. The van der Waals surface area contributed by atoms with Crippen LogP contribution in [0, 0.1) is 18.6 Å². The van der Waals surface area contributed by atoms with E-state index in [-0.39, 0.29) is 11.8 Å². The van der Waals surface area contributed by atoms with E-state index in [9.17, 15) is 4.79 Å². The van der Waals surface area contributed by atoms with Crippen LogP contribution in [0.5, 0.6) is 0 Å². The number of nitrogens with one attached hydrogen (secondary N) is 1. The third-order valence-corrected chi connectivity index (χ3v) is 6.55. The largest absolute Gasteiger partial charge is 0.338 e. The highest BCUT2D eigenvalue weighted by molar-refractivity contribution is 7.71. The molecular formula is C23H24N6O2S. The quantitative estimate of drug-likeness (QED) is 0.469. The van der Waals surface area contributed by atoms with E-state index in [1.165, 1.54) is 0 Å². The van der Waals surface area contributed by atoms with E-state index in [4.69, 9.17) is 16.7 Å². The average molecular weight is 449 g/mol. The molecule has 1 aromatic carbocycles. The third kappa shape index (κ3) is 3.52. The lowest BCUT2D eigenvalue weighted by Gasteiger charge is -2.32. The number of carbonyl (C=O) groups is 1. The zero-order valence-electron chi connectivity index (χ0n) is 18.3. The molecule has 4 heterocycles. The van der Waals surface area contributed by atoms with Gasteiger partial charge in [-0.25, -0.2) is 4.98 Å². The number of benzene rings is 1. The van der Waals surface area contributed by atoms with E-state index in [1.807, 2.05) is 60.7 Å². The fourth-order valence-corrected chi connectivity index (χ4v) is 4.54. The topological polar surface area (TPSA) is 92.8 Å². The van der Waals surface area contributed by atoms with Gasteiger partial charge >= 0.3 is 0 Å². The summed E-state index contributed by atoms with van der Waals surface area (Å²) in [5.41, 5.74) is 4.40. The second kappa shape index (κ2) is 7.98. The zero-order valence-corrected chi connectivity index (χ0v) is 19.1. The van der Waals surface area contributed by atoms with Crippen LogP contribution < -0.4 is 0 Å². The highest BCUT2D eigenvalue weighted by Crippen LogP contribution is 2.31. The first kappa shape index (κ1) is 20.6. The van der Waals surface area contributed by atoms with Crippen molar-refractivity contribution in [2.45, 2.75) is 32.6 Å². The van der Waals surface area contributed by atoms with Gasteiger partial charge in [-0.05, 0) is 45.0 Å². The predicted octanol–water partition coefficient (Wildman–Crippen LogP) is 4.32. The lowest BCUT2D eigenvalue weighted by molar-refractivity contribution is 0.0705. The van der Waals surface area contributed by atoms with E-state index >= 15 is 0 Å². The summed E-state index contributed by atoms with van der Waals surface area (Å²) in [6.07, 6.45) is 1.86. The molecule has 1 fully saturated rings. The van der Waals surface area contributed by atoms with Gasteiger partial charge < -0.3 is 14.0 Å². The van der Waals surface area contributed by atoms with Crippen molar-refractivity contribution in [3.8, 4) is 11.3 Å². The van der Waals surface area contributed by atoms with Gasteiger partial charge in [0, 0.05) is 31.6 Å². The Kier molecular flexibility index (Phi) is 5.13. The highest BCUT2D eigenvalue weighted by atomic mass is 32.1. The van der Waals surface area contributed by atoms with Gasteiger partial charge in [0.1, 0.15) is 5.82 Å². The number of rotatable bonds is 3. The molecule has 1 aliphatic rings. The summed E-state index contributed by atoms with van der Waals surface area (Å²) < 4.78 is 7.93. The van der Waals surface area contributed by atoms with Crippen molar-refractivity contribution in [2.75, 3.05) is 13.1 Å². The Hall–Kier alpha value is -3.33. The molecule has 4 aromatic rings. The minimum absolute atomic E-state index is 0.0430. The summed E-state index contributed by atoms with van der Waals surface area (Å²) in [5, 5.41) is 12.0. The number of aromatic amines is 1. The minimum atomic E-state index is -0.0430. The summed E-state index contributed by atoms with van der Waals surface area (Å²) in [4.78, 5) is 20.3. The Morgan fingerprint density at radius 2 is 2.03 bits per heavy atom. The van der Waals surface area contributed by atoms with Crippen LogP contribution >= 0.6 is 12.2 Å². The fraction of sp³-hybridized carbons (Fsp3) is 0.348. The lowest BCUT2D eigenvalue weighted by Crippen LogP contribution is -2.39. The molecule has 32 heavy (non-hydrogen) atoms. The van der Waals surface area contributed by atoms with Crippen molar-refractivity contribution < 1.29 is 9.32 Å². The van der Waals surface area contributed by atoms with Gasteiger partial charge in [0.15, 0.2) is 4.77 Å². The number of aryl methyl sites for hydroxylation is 2. The number of H-pyrrole nitrogens is 1. The number of pyridine rings is 1. The molecule has 1 N–H and O–H groups in total. The molecule has 0 spiro atoms. The predicted molar refractivity (Wildman–Crippen MR) is 123 cm³/mol. The summed E-state index contributed by atoms with van der Waals surface area (Å²) in [6.45, 7) is 5.15. The number of likely N-dealkylation sites (tertiary alicyclic amines) is 1. The molecule has 8 nitrogen and oxygen atoms in total. The molecule has 1 atom stereocenters. The Morgan fingerprint density at radius 1 is 1.25 bits per heavy atom. The number of piperidine rings is 1. The maximum atomic E-state index is 13.7. The normalized spacial score (nSPS) is 16.6. The molecule has 1 unspecified atom stereocenters. The summed E-state index contributed by atoms with van der Waals surface area (Å²) >= 11 is 5.27. The molecule has 1 amide bonds. The molecule has 9 heteroatoms. The van der Waals surface area contributed by atoms with Gasteiger partial charge in [0.2, 0.25) is 0 Å². The molecule has 0 bridgehead atoms. The molecular weight excluding hydrogens is 424 g/mol. The first-order chi connectivity index (χ1) is 15.4. The number of hydrogen-bond acceptors (Lipinski definition) is 6. The van der Waals surface area contributed by atoms with Gasteiger partial charge in [-0.3, -0.25) is 9.89 Å². The number of carbonyl (C=O) groups excluding carboxylic acids is 1. The highest BCUT2D eigenvalue weighted by Gasteiger charge is 2.30. The van der Waals surface area contributed by atoms with Gasteiger partial charge in [0.25, 0.3) is 11.6 Å². The SMILES string of the molecule is Cc1ccc(-c2cc(C(=O)N3CCCC(c4n[nH]c(=S)n4C)C3)c3c(C)noc3n2)cc1. The van der Waals surface area contributed by atoms with Gasteiger partial charge in [-0.2, -0.15) is 5.10 Å². The van der Waals surface area contributed by atoms with Crippen molar-refractivity contribution in [3.05, 3.63) is 57.7 Å². The molecule has 1 aliphatic heterocycles. The number of nitrogens with zero attached hydrogens (tertiary/aromatic N) is 5. The average Bonchev–Trinajstić information content (AvgIpc) is 3.35. The van der Waals surface area contributed by atoms with Crippen molar-refractivity contribution >= 4 is 29.2 Å². The monoisotopic (exact) mass is 448 g/mol. The first-order valence-corrected chi connectivity index (χ1v) is 11.1. The Balaban J connectivity index is 1.53. The van der Waals surface area contributed by atoms with E-state index in [1.54, 1.807) is 0 Å². The summed E-state index contributed by atoms with van der Waals surface area (Å²) in [7, 11) is 1.91. The van der Waals surface area contributed by atoms with Crippen molar-refractivity contribution in [3.63, 3.8) is 0 Å². The van der Waals surface area contributed by atoms with Crippen LogP contribution in [-0.4, -0.2) is 48.8 Å². The van der Waals surface area contributed by atoms with E-state index in [2.05, 4.69) is 20.3 Å². The van der Waals surface area contributed by atoms with Crippen LogP contribution in [0.15, 0.2) is 34.9 Å². The van der Waals surface area contributed by atoms with E-state index < -0.39 is 0 Å². The summed E-state index contributed by atoms with van der Waals surface area (Å²) in [5.74, 6) is 0.968. The van der Waals surface area contributed by atoms with E-state index in [0.717, 1.165) is 29.8 Å². The second-order valence-corrected chi connectivity index (χ2v) is 8.79. The van der Waals surface area contributed by atoms with Gasteiger partial charge in [-0.15, -0.1) is 0 Å². The number of aromatic nitrogens is 5. The Labute approximate surface area is 190 Å². The summed E-state index contributed by atoms with van der Waals surface area (Å²) in [6, 6.07) is 9.92. The van der Waals surface area contributed by atoms with Gasteiger partial charge in [-0.1, -0.05) is 35.0 Å². The molecule has 0 aliphatic carbocycles. The lowest BCUT2D eigenvalue weighted by atomic mass is 9.96. The molecule has 3 aromatic heterocycles. The zero-order chi connectivity index (χ0) is 22.4. The Bertz CT molecular complexity index is 1370. The minimum Gasteiger partial charge on any atom is -0.338 e. The molecule has 0 radical (unpaired) electrons. The number of hydrogen-bond donors (Lipinski definition) is 1. The third-order valence-electron chi connectivity index (χ3n) is 6.18. The van der Waals surface area contributed by atoms with Crippen LogP contribution in [0.1, 0.15) is 46.2 Å². The van der Waals surface area contributed by atoms with Crippen LogP contribution in [0.25, 0.3) is 22.4 Å². The van der Waals surface area contributed by atoms with Crippen molar-refractivity contribution in [2.24, 2.45) is 7.05 Å². The van der Waals surface area contributed by atoms with Crippen molar-refractivity contribution in [1.29, 1.82) is 0 Å². The maximum absolute atomic E-state index is 13.7. The standard InChI is InChI=1S/C23H24N6O2S/c1-13-6-8-15(9-7-13)18-11-17(19-14(2)27-31-21(19)24-18)22(30)29-10-4-5-16(12-29)20-25-26-23(32)28(20)3/h6-9,11,16H,4-5,10,12H2,1-3H3,(H,26,32). The maximum Gasteiger partial charge on any atom is 0.259 e. The molecule has 1 saturated heterocycles. The molecule has 5 rings (SSSR count). The second-order valence-electron chi connectivity index (χ2n) is 8.41. The van der Waals surface area contributed by atoms with Crippen LogP contribution in [0.2, 0.25) is 0 Å². The Morgan fingerprint density at radius 3 is 2.75 bits per heavy atom. The molecule has 164 valence electrons. The number of amides is 1. The van der Waals surface area contributed by atoms with Crippen LogP contribution in [-0.2, 0) is 7.05 Å². The fourth-order valence-electron chi connectivity index (χ4n) is 4.40. The van der Waals surface area contributed by atoms with E-state index in [0.29, 0.717) is 45.9 Å². The van der Waals surface area contributed by atoms with Crippen LogP contribution in [0.3, 0.4) is 0 Å². The van der Waals surface area contributed by atoms with Crippen LogP contribution in [0.4, 0.5) is 0 Å². The first-order valence-electron chi connectivity index (χ1n) is 10.7. The molecule has 0 saturated carbocycles. The van der Waals surface area contributed by atoms with Gasteiger partial charge in [0.05, 0.1) is 22.3 Å².